The highest BCUT2D eigenvalue weighted by molar-refractivity contribution is 5.86. The lowest BCUT2D eigenvalue weighted by Gasteiger charge is -2.04. The molecule has 0 radical (unpaired) electrons. The van der Waals surface area contributed by atoms with Crippen molar-refractivity contribution in [3.8, 4) is 0 Å². The molecule has 0 rings (SSSR count). The van der Waals surface area contributed by atoms with E-state index in [0.717, 1.165) is 12.5 Å². The molecule has 4 heteroatoms. The number of hydrogen-bond acceptors (Lipinski definition) is 4. The summed E-state index contributed by atoms with van der Waals surface area (Å²) >= 11 is 0. The van der Waals surface area contributed by atoms with Gasteiger partial charge in [0.05, 0.1) is 12.6 Å². The summed E-state index contributed by atoms with van der Waals surface area (Å²) in [4.78, 5) is 20.2. The molecule has 0 aliphatic rings. The maximum atomic E-state index is 11.1. The number of carboxylic acids is 1. The van der Waals surface area contributed by atoms with Crippen LogP contribution in [0.4, 0.5) is 0 Å². The van der Waals surface area contributed by atoms with Gasteiger partial charge in [0.2, 0.25) is 0 Å². The van der Waals surface area contributed by atoms with Crippen LogP contribution in [0.15, 0.2) is 24.8 Å². The first kappa shape index (κ1) is 23.7. The van der Waals surface area contributed by atoms with Gasteiger partial charge < -0.3 is 14.6 Å². The Morgan fingerprint density at radius 3 is 1.70 bits per heavy atom. The van der Waals surface area contributed by atoms with E-state index < -0.39 is 5.97 Å². The summed E-state index contributed by atoms with van der Waals surface area (Å²) in [5, 5.41) is 9.14. The molecule has 0 amide bonds. The minimum Gasteiger partial charge on any atom is -0.545 e. The first-order valence-corrected chi connectivity index (χ1v) is 8.61. The smallest absolute Gasteiger partial charge is 0.333 e. The number of carbonyl (C=O) groups is 2. The molecule has 0 N–H and O–H groups in total. The number of carboxylic acid groups (broad SMARTS) is 1. The van der Waals surface area contributed by atoms with Gasteiger partial charge in [-0.15, -0.1) is 0 Å². The molecule has 4 nitrogen and oxygen atoms in total. The third kappa shape index (κ3) is 22.8. The van der Waals surface area contributed by atoms with Crippen LogP contribution in [-0.2, 0) is 14.3 Å². The Bertz CT molecular complexity index is 334. The second-order valence-corrected chi connectivity index (χ2v) is 5.62. The van der Waals surface area contributed by atoms with Crippen molar-refractivity contribution in [3.05, 3.63) is 24.8 Å². The maximum Gasteiger partial charge on any atom is 0.333 e. The fraction of sp³-hybridized carbons (Fsp3) is 0.684. The largest absolute Gasteiger partial charge is 0.545 e. The number of carbonyl (C=O) groups excluding carboxylic acids is 2. The average Bonchev–Trinajstić information content (AvgIpc) is 2.52. The van der Waals surface area contributed by atoms with Gasteiger partial charge in [0.25, 0.3) is 0 Å². The van der Waals surface area contributed by atoms with E-state index in [1.807, 2.05) is 0 Å². The van der Waals surface area contributed by atoms with Gasteiger partial charge in [0, 0.05) is 5.57 Å². The number of rotatable bonds is 13. The normalized spacial score (nSPS) is 9.48. The van der Waals surface area contributed by atoms with Crippen LogP contribution in [0.5, 0.6) is 0 Å². The Hall–Kier alpha value is -1.58. The summed E-state index contributed by atoms with van der Waals surface area (Å²) < 4.78 is 5.04. The van der Waals surface area contributed by atoms with Crippen LogP contribution in [0.1, 0.15) is 78.1 Å². The van der Waals surface area contributed by atoms with Crippen LogP contribution in [0.3, 0.4) is 0 Å². The Morgan fingerprint density at radius 2 is 1.35 bits per heavy atom. The molecule has 0 aliphatic heterocycles. The number of hydrogen-bond donors (Lipinski definition) is 0. The van der Waals surface area contributed by atoms with Crippen LogP contribution in [0.25, 0.3) is 0 Å². The lowest BCUT2D eigenvalue weighted by Crippen LogP contribution is -2.17. The number of unbranched alkanes of at least 4 members (excludes halogenated alkanes) is 9. The Balaban J connectivity index is 0. The topological polar surface area (TPSA) is 66.4 Å². The number of ether oxygens (including phenoxy) is 1. The zero-order valence-corrected chi connectivity index (χ0v) is 14.9. The van der Waals surface area contributed by atoms with Crippen molar-refractivity contribution in [2.75, 3.05) is 6.61 Å². The van der Waals surface area contributed by atoms with Gasteiger partial charge in [0.15, 0.2) is 0 Å². The van der Waals surface area contributed by atoms with Gasteiger partial charge in [-0.1, -0.05) is 77.9 Å². The standard InChI is InChI=1S/C16H30O2.C3H4O2/c1-4-5-6-7-8-9-10-11-12-13-14-18-16(17)15(2)3;1-2-3(4)5/h2,4-14H2,1,3H3;2H,1H2,(H,4,5)/p-1. The van der Waals surface area contributed by atoms with E-state index in [0.29, 0.717) is 12.2 Å². The first-order valence-electron chi connectivity index (χ1n) is 8.61. The number of esters is 1. The average molecular weight is 325 g/mol. The molecule has 0 saturated carbocycles. The SMILES string of the molecule is C=C(C)C(=O)OCCCCCCCCCCCC.C=CC(=O)[O-]. The van der Waals surface area contributed by atoms with Crippen molar-refractivity contribution in [2.45, 2.75) is 78.1 Å². The van der Waals surface area contributed by atoms with Crippen LogP contribution in [0, 0.1) is 0 Å². The van der Waals surface area contributed by atoms with Gasteiger partial charge in [-0.25, -0.2) is 4.79 Å². The second kappa shape index (κ2) is 18.5. The van der Waals surface area contributed by atoms with Crippen LogP contribution in [0.2, 0.25) is 0 Å². The fourth-order valence-electron chi connectivity index (χ4n) is 1.88. The van der Waals surface area contributed by atoms with E-state index in [9.17, 15) is 4.79 Å². The molecule has 0 atom stereocenters. The highest BCUT2D eigenvalue weighted by Crippen LogP contribution is 2.10. The van der Waals surface area contributed by atoms with Crippen molar-refractivity contribution in [3.63, 3.8) is 0 Å². The molecule has 0 saturated heterocycles. The van der Waals surface area contributed by atoms with Crippen molar-refractivity contribution in [1.29, 1.82) is 0 Å². The Labute approximate surface area is 141 Å². The summed E-state index contributed by atoms with van der Waals surface area (Å²) in [6.45, 7) is 10.9. The monoisotopic (exact) mass is 325 g/mol. The minimum absolute atomic E-state index is 0.258. The lowest BCUT2D eigenvalue weighted by atomic mass is 10.1. The van der Waals surface area contributed by atoms with Crippen LogP contribution < -0.4 is 5.11 Å². The molecule has 0 aliphatic carbocycles. The fourth-order valence-corrected chi connectivity index (χ4v) is 1.88. The summed E-state index contributed by atoms with van der Waals surface area (Å²) in [5.41, 5.74) is 0.488. The highest BCUT2D eigenvalue weighted by atomic mass is 16.5. The quantitative estimate of drug-likeness (QED) is 0.292. The molecule has 0 aromatic rings. The van der Waals surface area contributed by atoms with E-state index in [1.165, 1.54) is 57.8 Å². The molecule has 0 aromatic carbocycles. The zero-order chi connectivity index (χ0) is 17.9. The molecular weight excluding hydrogens is 292 g/mol. The summed E-state index contributed by atoms with van der Waals surface area (Å²) in [6, 6.07) is 0. The third-order valence-corrected chi connectivity index (χ3v) is 3.25. The van der Waals surface area contributed by atoms with Crippen molar-refractivity contribution in [1.82, 2.24) is 0 Å². The summed E-state index contributed by atoms with van der Waals surface area (Å²) in [5.74, 6) is -1.49. The molecular formula is C19H33O4-. The Kier molecular flexibility index (Phi) is 19.0. The van der Waals surface area contributed by atoms with Gasteiger partial charge in [-0.3, -0.25) is 0 Å². The van der Waals surface area contributed by atoms with E-state index in [-0.39, 0.29) is 5.97 Å². The predicted molar refractivity (Wildman–Crippen MR) is 92.8 cm³/mol. The zero-order valence-electron chi connectivity index (χ0n) is 14.9. The van der Waals surface area contributed by atoms with E-state index in [4.69, 9.17) is 14.6 Å². The maximum absolute atomic E-state index is 11.1. The first-order chi connectivity index (χ1) is 11.0. The second-order valence-electron chi connectivity index (χ2n) is 5.62. The van der Waals surface area contributed by atoms with E-state index in [1.54, 1.807) is 6.92 Å². The molecule has 0 unspecified atom stereocenters. The minimum atomic E-state index is -1.23. The summed E-state index contributed by atoms with van der Waals surface area (Å²) in [6.07, 6.45) is 13.7. The molecule has 134 valence electrons. The Morgan fingerprint density at radius 1 is 0.957 bits per heavy atom. The van der Waals surface area contributed by atoms with Crippen LogP contribution >= 0.6 is 0 Å². The molecule has 23 heavy (non-hydrogen) atoms. The molecule has 0 fully saturated rings. The highest BCUT2D eigenvalue weighted by Gasteiger charge is 2.01. The van der Waals surface area contributed by atoms with Gasteiger partial charge in [-0.2, -0.15) is 0 Å². The lowest BCUT2D eigenvalue weighted by molar-refractivity contribution is -0.297. The van der Waals surface area contributed by atoms with Gasteiger partial charge in [0.1, 0.15) is 0 Å². The van der Waals surface area contributed by atoms with Crippen LogP contribution in [-0.4, -0.2) is 18.5 Å². The molecule has 0 heterocycles. The van der Waals surface area contributed by atoms with E-state index in [2.05, 4.69) is 20.1 Å². The molecule has 0 bridgehead atoms. The van der Waals surface area contributed by atoms with Gasteiger partial charge in [-0.05, 0) is 19.4 Å². The predicted octanol–water partition coefficient (Wildman–Crippen LogP) is 3.95. The molecule has 0 spiro atoms. The third-order valence-electron chi connectivity index (χ3n) is 3.25. The molecule has 0 aromatic heterocycles. The van der Waals surface area contributed by atoms with E-state index >= 15 is 0 Å². The van der Waals surface area contributed by atoms with Crippen molar-refractivity contribution in [2.24, 2.45) is 0 Å². The van der Waals surface area contributed by atoms with Gasteiger partial charge >= 0.3 is 5.97 Å². The summed E-state index contributed by atoms with van der Waals surface area (Å²) in [7, 11) is 0. The number of aliphatic carboxylic acids is 1. The van der Waals surface area contributed by atoms with Crippen molar-refractivity contribution < 1.29 is 19.4 Å². The van der Waals surface area contributed by atoms with Crippen molar-refractivity contribution >= 4 is 11.9 Å².